The summed E-state index contributed by atoms with van der Waals surface area (Å²) in [6.45, 7) is 4.78. The Morgan fingerprint density at radius 1 is 1.40 bits per heavy atom. The molecule has 1 aromatic rings. The third kappa shape index (κ3) is 4.45. The lowest BCUT2D eigenvalue weighted by molar-refractivity contribution is -0.121. The fourth-order valence-corrected chi connectivity index (χ4v) is 3.17. The van der Waals surface area contributed by atoms with Crippen LogP contribution in [-0.4, -0.2) is 17.8 Å². The molecule has 0 aromatic heterocycles. The largest absolute Gasteiger partial charge is 0.355 e. The molecule has 0 atom stereocenters. The lowest BCUT2D eigenvalue weighted by Gasteiger charge is -2.29. The van der Waals surface area contributed by atoms with E-state index < -0.39 is 5.82 Å². The van der Waals surface area contributed by atoms with E-state index in [2.05, 4.69) is 35.1 Å². The smallest absolute Gasteiger partial charge is 0.224 e. The third-order valence-electron chi connectivity index (χ3n) is 3.84. The maximum atomic E-state index is 13.6. The van der Waals surface area contributed by atoms with Gasteiger partial charge < -0.3 is 5.32 Å². The van der Waals surface area contributed by atoms with Crippen molar-refractivity contribution in [1.29, 1.82) is 0 Å². The highest BCUT2D eigenvalue weighted by Crippen LogP contribution is 2.27. The van der Waals surface area contributed by atoms with Crippen molar-refractivity contribution in [3.63, 3.8) is 0 Å². The average molecular weight is 365 g/mol. The molecule has 112 valence electrons. The Hall–Kier alpha value is -0.610. The van der Waals surface area contributed by atoms with Gasteiger partial charge in [0.05, 0.1) is 6.42 Å². The van der Waals surface area contributed by atoms with Crippen molar-refractivity contribution in [2.45, 2.75) is 33.1 Å². The molecular formula is C15H20BrClFNO. The average Bonchev–Trinajstić information content (AvgIpc) is 2.45. The van der Waals surface area contributed by atoms with E-state index in [0.29, 0.717) is 6.54 Å². The molecule has 0 unspecified atom stereocenters. The standard InChI is InChI=1S/C15H20BrClFNO/c1-3-15(4-2,9-16)10-19-14(20)8-11-12(17)6-5-7-13(11)18/h5-7H,3-4,8-10H2,1-2H3,(H,19,20). The molecule has 0 aliphatic heterocycles. The van der Waals surface area contributed by atoms with Gasteiger partial charge in [0, 0.05) is 22.5 Å². The predicted molar refractivity (Wildman–Crippen MR) is 84.9 cm³/mol. The van der Waals surface area contributed by atoms with Crippen LogP contribution in [0.3, 0.4) is 0 Å². The quantitative estimate of drug-likeness (QED) is 0.717. The van der Waals surface area contributed by atoms with Gasteiger partial charge in [0.1, 0.15) is 5.82 Å². The number of halogens is 3. The number of amides is 1. The number of carbonyl (C=O) groups excluding carboxylic acids is 1. The predicted octanol–water partition coefficient (Wildman–Crippen LogP) is 4.34. The summed E-state index contributed by atoms with van der Waals surface area (Å²) in [6.07, 6.45) is 1.91. The van der Waals surface area contributed by atoms with Crippen molar-refractivity contribution in [2.75, 3.05) is 11.9 Å². The van der Waals surface area contributed by atoms with Crippen LogP contribution >= 0.6 is 27.5 Å². The fourth-order valence-electron chi connectivity index (χ4n) is 1.95. The summed E-state index contributed by atoms with van der Waals surface area (Å²) in [6, 6.07) is 4.44. The van der Waals surface area contributed by atoms with Gasteiger partial charge in [0.2, 0.25) is 5.91 Å². The monoisotopic (exact) mass is 363 g/mol. The lowest BCUT2D eigenvalue weighted by atomic mass is 9.84. The number of carbonyl (C=O) groups is 1. The zero-order valence-corrected chi connectivity index (χ0v) is 14.2. The van der Waals surface area contributed by atoms with Crippen molar-refractivity contribution in [1.82, 2.24) is 5.32 Å². The highest BCUT2D eigenvalue weighted by molar-refractivity contribution is 9.09. The summed E-state index contributed by atoms with van der Waals surface area (Å²) >= 11 is 9.42. The zero-order chi connectivity index (χ0) is 15.2. The highest BCUT2D eigenvalue weighted by Gasteiger charge is 2.25. The molecule has 0 aliphatic carbocycles. The number of benzene rings is 1. The number of nitrogens with one attached hydrogen (secondary N) is 1. The number of hydrogen-bond donors (Lipinski definition) is 1. The van der Waals surface area contributed by atoms with Crippen LogP contribution < -0.4 is 5.32 Å². The highest BCUT2D eigenvalue weighted by atomic mass is 79.9. The molecule has 1 aromatic carbocycles. The molecule has 1 N–H and O–H groups in total. The van der Waals surface area contributed by atoms with E-state index in [4.69, 9.17) is 11.6 Å². The lowest BCUT2D eigenvalue weighted by Crippen LogP contribution is -2.38. The number of alkyl halides is 1. The van der Waals surface area contributed by atoms with Gasteiger partial charge in [-0.15, -0.1) is 0 Å². The second kappa shape index (κ2) is 7.99. The Labute approximate surface area is 133 Å². The molecule has 0 bridgehead atoms. The van der Waals surface area contributed by atoms with Crippen LogP contribution in [-0.2, 0) is 11.2 Å². The minimum absolute atomic E-state index is 0.0305. The van der Waals surface area contributed by atoms with E-state index in [9.17, 15) is 9.18 Å². The summed E-state index contributed by atoms with van der Waals surface area (Å²) in [5.74, 6) is -0.644. The molecule has 0 fully saturated rings. The molecule has 20 heavy (non-hydrogen) atoms. The Kier molecular flexibility index (Phi) is 6.96. The number of rotatable bonds is 7. The summed E-state index contributed by atoms with van der Waals surface area (Å²) in [5, 5.41) is 4.00. The number of hydrogen-bond acceptors (Lipinski definition) is 1. The summed E-state index contributed by atoms with van der Waals surface area (Å²) in [4.78, 5) is 12.0. The summed E-state index contributed by atoms with van der Waals surface area (Å²) in [5.41, 5.74) is 0.304. The molecular weight excluding hydrogens is 345 g/mol. The topological polar surface area (TPSA) is 29.1 Å². The fraction of sp³-hybridized carbons (Fsp3) is 0.533. The van der Waals surface area contributed by atoms with Crippen LogP contribution in [0.25, 0.3) is 0 Å². The zero-order valence-electron chi connectivity index (χ0n) is 11.8. The Morgan fingerprint density at radius 2 is 2.05 bits per heavy atom. The van der Waals surface area contributed by atoms with Crippen molar-refractivity contribution in [2.24, 2.45) is 5.41 Å². The second-order valence-electron chi connectivity index (χ2n) is 4.99. The molecule has 0 heterocycles. The molecule has 0 spiro atoms. The summed E-state index contributed by atoms with van der Waals surface area (Å²) in [7, 11) is 0. The van der Waals surface area contributed by atoms with E-state index in [1.807, 2.05) is 0 Å². The molecule has 0 aliphatic rings. The van der Waals surface area contributed by atoms with Crippen LogP contribution in [0.2, 0.25) is 5.02 Å². The van der Waals surface area contributed by atoms with Gasteiger partial charge in [-0.3, -0.25) is 4.79 Å². The van der Waals surface area contributed by atoms with Gasteiger partial charge in [-0.2, -0.15) is 0 Å². The molecule has 2 nitrogen and oxygen atoms in total. The van der Waals surface area contributed by atoms with Crippen LogP contribution in [0.5, 0.6) is 0 Å². The van der Waals surface area contributed by atoms with Crippen LogP contribution in [0.4, 0.5) is 4.39 Å². The molecule has 0 saturated carbocycles. The van der Waals surface area contributed by atoms with Gasteiger partial charge in [-0.1, -0.05) is 47.4 Å². The van der Waals surface area contributed by atoms with Crippen molar-refractivity contribution >= 4 is 33.4 Å². The van der Waals surface area contributed by atoms with Crippen molar-refractivity contribution in [3.8, 4) is 0 Å². The Morgan fingerprint density at radius 3 is 2.55 bits per heavy atom. The molecule has 5 heteroatoms. The molecule has 1 rings (SSSR count). The van der Waals surface area contributed by atoms with Gasteiger partial charge >= 0.3 is 0 Å². The van der Waals surface area contributed by atoms with Gasteiger partial charge in [-0.05, 0) is 30.4 Å². The van der Waals surface area contributed by atoms with Crippen LogP contribution in [0.15, 0.2) is 18.2 Å². The maximum absolute atomic E-state index is 13.6. The second-order valence-corrected chi connectivity index (χ2v) is 5.96. The SMILES string of the molecule is CCC(CC)(CBr)CNC(=O)Cc1c(F)cccc1Cl. The molecule has 0 radical (unpaired) electrons. The normalized spacial score (nSPS) is 11.4. The van der Waals surface area contributed by atoms with E-state index in [1.165, 1.54) is 12.1 Å². The maximum Gasteiger partial charge on any atom is 0.224 e. The first-order valence-corrected chi connectivity index (χ1v) is 8.23. The van der Waals surface area contributed by atoms with Gasteiger partial charge in [-0.25, -0.2) is 4.39 Å². The first kappa shape index (κ1) is 17.4. The van der Waals surface area contributed by atoms with Gasteiger partial charge in [0.15, 0.2) is 0 Å². The molecule has 0 saturated heterocycles. The molecule has 1 amide bonds. The Bertz CT molecular complexity index is 435. The van der Waals surface area contributed by atoms with E-state index in [0.717, 1.165) is 18.2 Å². The third-order valence-corrected chi connectivity index (χ3v) is 5.39. The van der Waals surface area contributed by atoms with E-state index in [-0.39, 0.29) is 28.3 Å². The van der Waals surface area contributed by atoms with Crippen LogP contribution in [0, 0.1) is 11.2 Å². The van der Waals surface area contributed by atoms with E-state index >= 15 is 0 Å². The first-order valence-electron chi connectivity index (χ1n) is 6.73. The van der Waals surface area contributed by atoms with Crippen LogP contribution in [0.1, 0.15) is 32.3 Å². The van der Waals surface area contributed by atoms with Gasteiger partial charge in [0.25, 0.3) is 0 Å². The Balaban J connectivity index is 2.65. The minimum atomic E-state index is -0.439. The van der Waals surface area contributed by atoms with E-state index in [1.54, 1.807) is 6.07 Å². The van der Waals surface area contributed by atoms with Crippen molar-refractivity contribution in [3.05, 3.63) is 34.6 Å². The minimum Gasteiger partial charge on any atom is -0.355 e. The summed E-state index contributed by atoms with van der Waals surface area (Å²) < 4.78 is 13.6. The first-order chi connectivity index (χ1) is 9.48. The van der Waals surface area contributed by atoms with Crippen molar-refractivity contribution < 1.29 is 9.18 Å².